The summed E-state index contributed by atoms with van der Waals surface area (Å²) in [5, 5.41) is 21.7. The van der Waals surface area contributed by atoms with Gasteiger partial charge in [0.1, 0.15) is 0 Å². The minimum atomic E-state index is -0.639. The van der Waals surface area contributed by atoms with Crippen LogP contribution in [0.3, 0.4) is 0 Å². The van der Waals surface area contributed by atoms with Crippen molar-refractivity contribution in [3.63, 3.8) is 0 Å². The zero-order valence-electron chi connectivity index (χ0n) is 4.50. The van der Waals surface area contributed by atoms with Gasteiger partial charge in [0.15, 0.2) is 0 Å². The SMILES string of the molecule is CCC[I-][N+]([O-])=N[O-]. The van der Waals surface area contributed by atoms with Crippen LogP contribution in [0.4, 0.5) is 0 Å². The first kappa shape index (κ1) is 7.93. The number of hydrogen-bond donors (Lipinski definition) is 0. The molecular weight excluding hydrogens is 223 g/mol. The Bertz CT molecular complexity index is 85.4. The standard InChI is InChI=1S/C3H8IN2O2/c1-2-3-4-6(8)5-7/h7H,2-3H2,1H3/q-1/p-1. The Morgan fingerprint density at radius 1 is 1.75 bits per heavy atom. The van der Waals surface area contributed by atoms with Gasteiger partial charge in [-0.25, -0.2) is 0 Å². The van der Waals surface area contributed by atoms with Crippen molar-refractivity contribution in [2.45, 2.75) is 13.3 Å². The van der Waals surface area contributed by atoms with Gasteiger partial charge in [0, 0.05) is 0 Å². The van der Waals surface area contributed by atoms with Crippen molar-refractivity contribution in [3.05, 3.63) is 10.4 Å². The summed E-state index contributed by atoms with van der Waals surface area (Å²) in [6, 6.07) is 0. The van der Waals surface area contributed by atoms with Gasteiger partial charge in [-0.2, -0.15) is 0 Å². The molecule has 0 aliphatic rings. The van der Waals surface area contributed by atoms with Crippen LogP contribution < -0.4 is 21.5 Å². The molecular formula is C3H7IN2O2-2. The van der Waals surface area contributed by atoms with Crippen LogP contribution in [0.25, 0.3) is 0 Å². The van der Waals surface area contributed by atoms with Crippen LogP contribution in [0.2, 0.25) is 0 Å². The molecule has 0 spiro atoms. The van der Waals surface area contributed by atoms with Crippen LogP contribution in [0.5, 0.6) is 0 Å². The number of alkyl halides is 1. The van der Waals surface area contributed by atoms with Crippen molar-refractivity contribution in [2.24, 2.45) is 5.28 Å². The van der Waals surface area contributed by atoms with E-state index in [1.54, 1.807) is 0 Å². The Morgan fingerprint density at radius 2 is 2.38 bits per heavy atom. The molecule has 5 heteroatoms. The molecule has 0 bridgehead atoms. The van der Waals surface area contributed by atoms with Crippen molar-refractivity contribution >= 4 is 0 Å². The van der Waals surface area contributed by atoms with Crippen molar-refractivity contribution in [1.82, 2.24) is 0 Å². The van der Waals surface area contributed by atoms with Crippen LogP contribution in [0.1, 0.15) is 13.3 Å². The first-order valence-corrected chi connectivity index (χ1v) is 4.70. The maximum atomic E-state index is 10.1. The van der Waals surface area contributed by atoms with Gasteiger partial charge < -0.3 is 0 Å². The van der Waals surface area contributed by atoms with Gasteiger partial charge in [-0.3, -0.25) is 0 Å². The molecule has 0 fully saturated rings. The van der Waals surface area contributed by atoms with Crippen LogP contribution in [0, 0.1) is 10.4 Å². The zero-order chi connectivity index (χ0) is 6.41. The van der Waals surface area contributed by atoms with Gasteiger partial charge in [0.2, 0.25) is 0 Å². The van der Waals surface area contributed by atoms with Crippen LogP contribution in [0.15, 0.2) is 5.28 Å². The maximum absolute atomic E-state index is 10.1. The van der Waals surface area contributed by atoms with Gasteiger partial charge in [-0.15, -0.1) is 0 Å². The summed E-state index contributed by atoms with van der Waals surface area (Å²) in [5.41, 5.74) is 0. The normalized spacial score (nSPS) is 12.4. The molecule has 0 saturated carbocycles. The molecule has 8 heavy (non-hydrogen) atoms. The Balaban J connectivity index is 3.12. The third kappa shape index (κ3) is 4.10. The van der Waals surface area contributed by atoms with E-state index < -0.39 is 21.5 Å². The van der Waals surface area contributed by atoms with Gasteiger partial charge in [-0.1, -0.05) is 0 Å². The molecule has 0 aromatic rings. The average Bonchev–Trinajstić information content (AvgIpc) is 1.83. The van der Waals surface area contributed by atoms with E-state index in [0.29, 0.717) is 0 Å². The summed E-state index contributed by atoms with van der Waals surface area (Å²) < 4.78 is 1.11. The number of halogens is 1. The second-order valence-corrected chi connectivity index (χ2v) is 3.70. The predicted octanol–water partition coefficient (Wildman–Crippen LogP) is -2.14. The molecule has 0 rings (SSSR count). The molecule has 4 nitrogen and oxygen atoms in total. The van der Waals surface area contributed by atoms with Gasteiger partial charge >= 0.3 is 58.0 Å². The van der Waals surface area contributed by atoms with Gasteiger partial charge in [-0.05, 0) is 0 Å². The Morgan fingerprint density at radius 3 is 2.75 bits per heavy atom. The summed E-state index contributed by atoms with van der Waals surface area (Å²) in [7, 11) is 0. The van der Waals surface area contributed by atoms with E-state index in [9.17, 15) is 10.4 Å². The molecule has 0 saturated heterocycles. The third-order valence-corrected chi connectivity index (χ3v) is 2.76. The van der Waals surface area contributed by atoms with Crippen LogP contribution >= 0.6 is 0 Å². The Hall–Kier alpha value is -0.0700. The van der Waals surface area contributed by atoms with Crippen molar-refractivity contribution in [3.8, 4) is 0 Å². The third-order valence-electron chi connectivity index (χ3n) is 0.440. The monoisotopic (exact) mass is 230 g/mol. The van der Waals surface area contributed by atoms with E-state index >= 15 is 0 Å². The summed E-state index contributed by atoms with van der Waals surface area (Å²) in [5.74, 6) is 0. The Kier molecular flexibility index (Phi) is 5.03. The minimum absolute atomic E-state index is 0.266. The molecule has 50 valence electrons. The molecule has 0 N–H and O–H groups in total. The molecule has 0 amide bonds. The van der Waals surface area contributed by atoms with E-state index in [1.807, 2.05) is 6.92 Å². The fraction of sp³-hybridized carbons (Fsp3) is 1.00. The average molecular weight is 230 g/mol. The molecule has 0 unspecified atom stereocenters. The second kappa shape index (κ2) is 5.07. The summed E-state index contributed by atoms with van der Waals surface area (Å²) in [6.45, 7) is 1.97. The zero-order valence-corrected chi connectivity index (χ0v) is 6.66. The van der Waals surface area contributed by atoms with E-state index in [2.05, 4.69) is 5.28 Å². The Labute approximate surface area is 58.4 Å². The van der Waals surface area contributed by atoms with E-state index in [1.165, 1.54) is 0 Å². The number of rotatable bonds is 3. The van der Waals surface area contributed by atoms with E-state index in [4.69, 9.17) is 0 Å². The van der Waals surface area contributed by atoms with Crippen molar-refractivity contribution in [1.29, 1.82) is 0 Å². The molecule has 0 heterocycles. The second-order valence-electron chi connectivity index (χ2n) is 1.12. The molecule has 0 radical (unpaired) electrons. The molecule has 0 aliphatic heterocycles. The number of nitrogens with zero attached hydrogens (tertiary/aromatic N) is 2. The topological polar surface area (TPSA) is 61.5 Å². The molecule has 0 atom stereocenters. The van der Waals surface area contributed by atoms with Crippen LogP contribution in [-0.2, 0) is 0 Å². The first-order valence-electron chi connectivity index (χ1n) is 2.21. The van der Waals surface area contributed by atoms with Gasteiger partial charge in [0.05, 0.1) is 0 Å². The molecule has 0 aliphatic carbocycles. The summed E-state index contributed by atoms with van der Waals surface area (Å²) in [4.78, 5) is 0. The summed E-state index contributed by atoms with van der Waals surface area (Å²) >= 11 is -0.639. The fourth-order valence-electron chi connectivity index (χ4n) is 0.179. The van der Waals surface area contributed by atoms with E-state index in [0.717, 1.165) is 10.8 Å². The number of hydrogen-bond acceptors (Lipinski definition) is 3. The molecule has 0 aromatic carbocycles. The van der Waals surface area contributed by atoms with Crippen molar-refractivity contribution < 1.29 is 24.6 Å². The van der Waals surface area contributed by atoms with E-state index in [-0.39, 0.29) is 3.07 Å². The van der Waals surface area contributed by atoms with Crippen molar-refractivity contribution in [2.75, 3.05) is 4.43 Å². The first-order chi connectivity index (χ1) is 3.81. The summed E-state index contributed by atoms with van der Waals surface area (Å²) in [6.07, 6.45) is 0.960. The fourth-order valence-corrected chi connectivity index (χ4v) is 1.20. The van der Waals surface area contributed by atoms with Gasteiger partial charge in [0.25, 0.3) is 0 Å². The predicted molar refractivity (Wildman–Crippen MR) is 24.6 cm³/mol. The molecule has 0 aromatic heterocycles. The quantitative estimate of drug-likeness (QED) is 0.182. The van der Waals surface area contributed by atoms with Crippen LogP contribution in [-0.4, -0.2) is 7.50 Å².